The topological polar surface area (TPSA) is 60.9 Å². The Morgan fingerprint density at radius 1 is 1.11 bits per heavy atom. The van der Waals surface area contributed by atoms with Gasteiger partial charge in [-0.05, 0) is 42.2 Å². The number of nitrogens with zero attached hydrogens (tertiary/aromatic N) is 2. The first-order valence-corrected chi connectivity index (χ1v) is 9.58. The lowest BCUT2D eigenvalue weighted by atomic mass is 9.96. The number of hydrogen-bond acceptors (Lipinski definition) is 3. The van der Waals surface area contributed by atoms with Crippen molar-refractivity contribution in [1.82, 2.24) is 4.90 Å². The van der Waals surface area contributed by atoms with Gasteiger partial charge in [0.15, 0.2) is 0 Å². The number of amides is 1. The van der Waals surface area contributed by atoms with Crippen molar-refractivity contribution in [1.29, 1.82) is 0 Å². The SMILES string of the molecule is CN(Cc1cccc(N2CCC(C(=O)O)CC2)c1)C(=O)/C=C/c1ccccc1. The summed E-state index contributed by atoms with van der Waals surface area (Å²) in [5, 5.41) is 9.15. The summed E-state index contributed by atoms with van der Waals surface area (Å²) < 4.78 is 0. The van der Waals surface area contributed by atoms with E-state index in [0.717, 1.165) is 29.9 Å². The van der Waals surface area contributed by atoms with Gasteiger partial charge in [-0.3, -0.25) is 9.59 Å². The van der Waals surface area contributed by atoms with Crippen LogP contribution in [0.1, 0.15) is 24.0 Å². The molecular weight excluding hydrogens is 352 g/mol. The number of hydrogen-bond donors (Lipinski definition) is 1. The quantitative estimate of drug-likeness (QED) is 0.780. The summed E-state index contributed by atoms with van der Waals surface area (Å²) in [6, 6.07) is 17.9. The summed E-state index contributed by atoms with van der Waals surface area (Å²) in [7, 11) is 1.79. The van der Waals surface area contributed by atoms with Crippen LogP contribution in [0.25, 0.3) is 6.08 Å². The average molecular weight is 378 g/mol. The summed E-state index contributed by atoms with van der Waals surface area (Å²) in [6.45, 7) is 2.02. The third kappa shape index (κ3) is 5.22. The van der Waals surface area contributed by atoms with Crippen molar-refractivity contribution < 1.29 is 14.7 Å². The van der Waals surface area contributed by atoms with Crippen molar-refractivity contribution in [2.75, 3.05) is 25.0 Å². The first-order chi connectivity index (χ1) is 13.5. The molecule has 0 radical (unpaired) electrons. The summed E-state index contributed by atoms with van der Waals surface area (Å²) in [6.07, 6.45) is 4.75. The van der Waals surface area contributed by atoms with Crippen LogP contribution in [0.4, 0.5) is 5.69 Å². The lowest BCUT2D eigenvalue weighted by molar-refractivity contribution is -0.142. The summed E-state index contributed by atoms with van der Waals surface area (Å²) in [5.41, 5.74) is 3.14. The van der Waals surface area contributed by atoms with E-state index in [1.807, 2.05) is 54.6 Å². The first-order valence-electron chi connectivity index (χ1n) is 9.58. The van der Waals surface area contributed by atoms with Gasteiger partial charge in [0.1, 0.15) is 0 Å². The Morgan fingerprint density at radius 3 is 2.50 bits per heavy atom. The average Bonchev–Trinajstić information content (AvgIpc) is 2.73. The maximum Gasteiger partial charge on any atom is 0.306 e. The van der Waals surface area contributed by atoms with Crippen molar-refractivity contribution in [3.05, 3.63) is 71.8 Å². The highest BCUT2D eigenvalue weighted by Gasteiger charge is 2.24. The molecule has 1 saturated heterocycles. The maximum atomic E-state index is 12.4. The molecule has 2 aromatic rings. The fraction of sp³-hybridized carbons (Fsp3) is 0.304. The van der Waals surface area contributed by atoms with Gasteiger partial charge in [0.2, 0.25) is 5.91 Å². The Hall–Kier alpha value is -3.08. The molecule has 0 bridgehead atoms. The van der Waals surface area contributed by atoms with E-state index in [1.165, 1.54) is 0 Å². The highest BCUT2D eigenvalue weighted by Crippen LogP contribution is 2.24. The van der Waals surface area contributed by atoms with Crippen molar-refractivity contribution in [2.45, 2.75) is 19.4 Å². The molecule has 1 fully saturated rings. The lowest BCUT2D eigenvalue weighted by Gasteiger charge is -2.32. The smallest absolute Gasteiger partial charge is 0.306 e. The number of piperidine rings is 1. The summed E-state index contributed by atoms with van der Waals surface area (Å²) in [4.78, 5) is 27.4. The highest BCUT2D eigenvalue weighted by atomic mass is 16.4. The number of anilines is 1. The predicted molar refractivity (Wildman–Crippen MR) is 111 cm³/mol. The maximum absolute atomic E-state index is 12.4. The van der Waals surface area contributed by atoms with Crippen LogP contribution in [0.5, 0.6) is 0 Å². The van der Waals surface area contributed by atoms with Gasteiger partial charge in [0.05, 0.1) is 5.92 Å². The molecule has 2 aromatic carbocycles. The van der Waals surface area contributed by atoms with Crippen molar-refractivity contribution in [3.63, 3.8) is 0 Å². The van der Waals surface area contributed by atoms with E-state index in [9.17, 15) is 9.59 Å². The molecule has 3 rings (SSSR count). The van der Waals surface area contributed by atoms with Gasteiger partial charge in [0.25, 0.3) is 0 Å². The molecular formula is C23H26N2O3. The van der Waals surface area contributed by atoms with Gasteiger partial charge in [-0.2, -0.15) is 0 Å². The molecule has 1 N–H and O–H groups in total. The molecule has 0 aliphatic carbocycles. The molecule has 0 spiro atoms. The number of rotatable bonds is 6. The number of carboxylic acids is 1. The minimum absolute atomic E-state index is 0.0449. The fourth-order valence-electron chi connectivity index (χ4n) is 3.45. The van der Waals surface area contributed by atoms with Crippen molar-refractivity contribution in [2.24, 2.45) is 5.92 Å². The van der Waals surface area contributed by atoms with E-state index in [-0.39, 0.29) is 11.8 Å². The molecule has 0 aromatic heterocycles. The van der Waals surface area contributed by atoms with Gasteiger partial charge in [0, 0.05) is 38.4 Å². The Bertz CT molecular complexity index is 840. The van der Waals surface area contributed by atoms with Crippen LogP contribution in [0, 0.1) is 5.92 Å². The number of carboxylic acid groups (broad SMARTS) is 1. The zero-order chi connectivity index (χ0) is 19.9. The van der Waals surface area contributed by atoms with Crippen LogP contribution < -0.4 is 4.90 Å². The molecule has 1 aliphatic rings. The van der Waals surface area contributed by atoms with Crippen LogP contribution in [0.15, 0.2) is 60.7 Å². The van der Waals surface area contributed by atoms with Gasteiger partial charge in [-0.15, -0.1) is 0 Å². The number of carbonyl (C=O) groups is 2. The monoisotopic (exact) mass is 378 g/mol. The second kappa shape index (κ2) is 9.22. The highest BCUT2D eigenvalue weighted by molar-refractivity contribution is 5.91. The van der Waals surface area contributed by atoms with E-state index < -0.39 is 5.97 Å². The van der Waals surface area contributed by atoms with Crippen molar-refractivity contribution >= 4 is 23.6 Å². The van der Waals surface area contributed by atoms with E-state index in [4.69, 9.17) is 5.11 Å². The Balaban J connectivity index is 1.59. The van der Waals surface area contributed by atoms with Crippen LogP contribution >= 0.6 is 0 Å². The van der Waals surface area contributed by atoms with E-state index in [0.29, 0.717) is 19.4 Å². The van der Waals surface area contributed by atoms with E-state index in [2.05, 4.69) is 11.0 Å². The van der Waals surface area contributed by atoms with E-state index >= 15 is 0 Å². The molecule has 5 nitrogen and oxygen atoms in total. The number of benzene rings is 2. The zero-order valence-electron chi connectivity index (χ0n) is 16.1. The molecule has 0 unspecified atom stereocenters. The molecule has 5 heteroatoms. The predicted octanol–water partition coefficient (Wildman–Crippen LogP) is 3.66. The largest absolute Gasteiger partial charge is 0.481 e. The molecule has 28 heavy (non-hydrogen) atoms. The Morgan fingerprint density at radius 2 is 1.82 bits per heavy atom. The Labute approximate surface area is 165 Å². The normalized spacial score (nSPS) is 15.0. The third-order valence-corrected chi connectivity index (χ3v) is 5.13. The molecule has 0 atom stereocenters. The fourth-order valence-corrected chi connectivity index (χ4v) is 3.45. The molecule has 0 saturated carbocycles. The Kier molecular flexibility index (Phi) is 6.48. The molecule has 146 valence electrons. The van der Waals surface area contributed by atoms with Crippen LogP contribution in [0.3, 0.4) is 0 Å². The van der Waals surface area contributed by atoms with Crippen molar-refractivity contribution in [3.8, 4) is 0 Å². The zero-order valence-corrected chi connectivity index (χ0v) is 16.1. The number of likely N-dealkylation sites (N-methyl/N-ethyl adjacent to an activating group) is 1. The van der Waals surface area contributed by atoms with Crippen LogP contribution in [0.2, 0.25) is 0 Å². The minimum Gasteiger partial charge on any atom is -0.481 e. The number of aliphatic carboxylic acids is 1. The molecule has 1 aliphatic heterocycles. The first kappa shape index (κ1) is 19.7. The van der Waals surface area contributed by atoms with E-state index in [1.54, 1.807) is 18.0 Å². The molecule has 1 amide bonds. The number of carbonyl (C=O) groups excluding carboxylic acids is 1. The second-order valence-corrected chi connectivity index (χ2v) is 7.21. The molecule has 1 heterocycles. The van der Waals surface area contributed by atoms with Gasteiger partial charge in [-0.1, -0.05) is 42.5 Å². The summed E-state index contributed by atoms with van der Waals surface area (Å²) >= 11 is 0. The van der Waals surface area contributed by atoms with Gasteiger partial charge < -0.3 is 14.9 Å². The van der Waals surface area contributed by atoms with Gasteiger partial charge >= 0.3 is 5.97 Å². The second-order valence-electron chi connectivity index (χ2n) is 7.21. The van der Waals surface area contributed by atoms with Crippen LogP contribution in [-0.4, -0.2) is 42.0 Å². The minimum atomic E-state index is -0.697. The van der Waals surface area contributed by atoms with Gasteiger partial charge in [-0.25, -0.2) is 0 Å². The van der Waals surface area contributed by atoms with Crippen LogP contribution in [-0.2, 0) is 16.1 Å². The standard InChI is InChI=1S/C23H26N2O3/c1-24(22(26)11-10-18-6-3-2-4-7-18)17-19-8-5-9-21(16-19)25-14-12-20(13-15-25)23(27)28/h2-11,16,20H,12-15,17H2,1H3,(H,27,28)/b11-10+. The summed E-state index contributed by atoms with van der Waals surface area (Å²) in [5.74, 6) is -0.979. The lowest BCUT2D eigenvalue weighted by Crippen LogP contribution is -2.36. The third-order valence-electron chi connectivity index (χ3n) is 5.13.